The summed E-state index contributed by atoms with van der Waals surface area (Å²) in [6, 6.07) is 3.26. The Kier molecular flexibility index (Phi) is 1.96. The van der Waals surface area contributed by atoms with E-state index in [-0.39, 0.29) is 5.75 Å². The maximum Gasteiger partial charge on any atom is 0.144 e. The lowest BCUT2D eigenvalue weighted by Crippen LogP contribution is -2.28. The summed E-state index contributed by atoms with van der Waals surface area (Å²) in [4.78, 5) is 2.02. The fraction of sp³-hybridized carbons (Fsp3) is 0.333. The number of fused-ring (bicyclic) bond motifs is 1. The van der Waals surface area contributed by atoms with E-state index in [9.17, 15) is 5.11 Å². The number of aromatic hydroxyl groups is 1. The maximum absolute atomic E-state index is 9.38. The topological polar surface area (TPSA) is 32.7 Å². The molecule has 0 unspecified atom stereocenters. The molecule has 0 fully saturated rings. The highest BCUT2D eigenvalue weighted by molar-refractivity contribution is 6.32. The molecule has 2 rings (SSSR count). The Morgan fingerprint density at radius 2 is 2.31 bits per heavy atom. The molecular formula is C9H10ClNO2. The zero-order valence-electron chi connectivity index (χ0n) is 7.25. The van der Waals surface area contributed by atoms with Crippen molar-refractivity contribution in [1.29, 1.82) is 0 Å². The van der Waals surface area contributed by atoms with Crippen LogP contribution in [0.2, 0.25) is 5.02 Å². The van der Waals surface area contributed by atoms with Crippen LogP contribution in [0.25, 0.3) is 0 Å². The van der Waals surface area contributed by atoms with E-state index in [2.05, 4.69) is 0 Å². The molecule has 4 heteroatoms. The van der Waals surface area contributed by atoms with Crippen molar-refractivity contribution in [3.63, 3.8) is 0 Å². The Morgan fingerprint density at radius 1 is 1.54 bits per heavy atom. The fourth-order valence-corrected chi connectivity index (χ4v) is 1.51. The molecule has 1 N–H and O–H groups in total. The monoisotopic (exact) mass is 199 g/mol. The van der Waals surface area contributed by atoms with E-state index in [0.29, 0.717) is 11.6 Å². The molecule has 0 saturated carbocycles. The summed E-state index contributed by atoms with van der Waals surface area (Å²) in [6.45, 7) is 1.48. The number of anilines is 1. The van der Waals surface area contributed by atoms with E-state index in [0.717, 1.165) is 18.0 Å². The molecular weight excluding hydrogens is 190 g/mol. The lowest BCUT2D eigenvalue weighted by Gasteiger charge is -2.27. The van der Waals surface area contributed by atoms with Crippen LogP contribution in [0, 0.1) is 0 Å². The van der Waals surface area contributed by atoms with Gasteiger partial charge < -0.3 is 14.7 Å². The number of halogens is 1. The van der Waals surface area contributed by atoms with Crippen molar-refractivity contribution in [2.24, 2.45) is 0 Å². The highest BCUT2D eigenvalue weighted by Gasteiger charge is 2.16. The van der Waals surface area contributed by atoms with Gasteiger partial charge in [0.25, 0.3) is 0 Å². The van der Waals surface area contributed by atoms with Crippen molar-refractivity contribution in [3.8, 4) is 11.5 Å². The molecule has 1 aromatic carbocycles. The number of rotatable bonds is 0. The number of benzene rings is 1. The predicted octanol–water partition coefficient (Wildman–Crippen LogP) is 1.87. The Bertz CT molecular complexity index is 341. The summed E-state index contributed by atoms with van der Waals surface area (Å²) >= 11 is 5.74. The Labute approximate surface area is 81.5 Å². The van der Waals surface area contributed by atoms with Gasteiger partial charge in [0.1, 0.15) is 18.1 Å². The summed E-state index contributed by atoms with van der Waals surface area (Å²) in [5.74, 6) is 0.828. The van der Waals surface area contributed by atoms with Gasteiger partial charge in [0, 0.05) is 19.2 Å². The van der Waals surface area contributed by atoms with Crippen LogP contribution in [0.5, 0.6) is 11.5 Å². The summed E-state index contributed by atoms with van der Waals surface area (Å²) in [5, 5.41) is 9.71. The van der Waals surface area contributed by atoms with Crippen LogP contribution in [0.15, 0.2) is 12.1 Å². The average molecular weight is 200 g/mol. The first-order valence-corrected chi connectivity index (χ1v) is 4.43. The molecule has 0 bridgehead atoms. The predicted molar refractivity (Wildman–Crippen MR) is 51.9 cm³/mol. The van der Waals surface area contributed by atoms with Crippen LogP contribution in [0.3, 0.4) is 0 Å². The number of hydrogen-bond acceptors (Lipinski definition) is 3. The first-order valence-electron chi connectivity index (χ1n) is 4.05. The second-order valence-electron chi connectivity index (χ2n) is 3.04. The van der Waals surface area contributed by atoms with Gasteiger partial charge in [-0.3, -0.25) is 0 Å². The molecule has 3 nitrogen and oxygen atoms in total. The van der Waals surface area contributed by atoms with Gasteiger partial charge in [0.05, 0.1) is 17.3 Å². The maximum atomic E-state index is 9.38. The Hall–Kier alpha value is -1.09. The minimum absolute atomic E-state index is 0.0952. The lowest BCUT2D eigenvalue weighted by atomic mass is 10.2. The molecule has 1 aromatic rings. The average Bonchev–Trinajstić information content (AvgIpc) is 2.09. The van der Waals surface area contributed by atoms with Crippen molar-refractivity contribution < 1.29 is 9.84 Å². The Balaban J connectivity index is 2.52. The van der Waals surface area contributed by atoms with Crippen LogP contribution in [0.1, 0.15) is 0 Å². The third-order valence-electron chi connectivity index (χ3n) is 2.12. The van der Waals surface area contributed by atoms with E-state index < -0.39 is 0 Å². The number of hydrogen-bond donors (Lipinski definition) is 1. The summed E-state index contributed by atoms with van der Waals surface area (Å²) in [5.41, 5.74) is 0.883. The zero-order valence-corrected chi connectivity index (χ0v) is 8.01. The van der Waals surface area contributed by atoms with E-state index in [1.807, 2.05) is 11.9 Å². The van der Waals surface area contributed by atoms with Gasteiger partial charge >= 0.3 is 0 Å². The second-order valence-corrected chi connectivity index (χ2v) is 3.45. The highest BCUT2D eigenvalue weighted by atomic mass is 35.5. The van der Waals surface area contributed by atoms with E-state index >= 15 is 0 Å². The molecule has 0 spiro atoms. The summed E-state index contributed by atoms with van der Waals surface area (Å²) < 4.78 is 5.39. The molecule has 1 aliphatic heterocycles. The van der Waals surface area contributed by atoms with Gasteiger partial charge in [-0.25, -0.2) is 0 Å². The van der Waals surface area contributed by atoms with Crippen molar-refractivity contribution in [1.82, 2.24) is 0 Å². The van der Waals surface area contributed by atoms with Gasteiger partial charge in [0.15, 0.2) is 0 Å². The SMILES string of the molecule is CN1CCOc2cc(Cl)c(O)cc21. The van der Waals surface area contributed by atoms with Crippen LogP contribution < -0.4 is 9.64 Å². The van der Waals surface area contributed by atoms with Crippen LogP contribution in [-0.4, -0.2) is 25.3 Å². The Morgan fingerprint density at radius 3 is 3.08 bits per heavy atom. The van der Waals surface area contributed by atoms with Crippen molar-refractivity contribution >= 4 is 17.3 Å². The van der Waals surface area contributed by atoms with Crippen LogP contribution in [0.4, 0.5) is 5.69 Å². The minimum atomic E-state index is 0.0952. The van der Waals surface area contributed by atoms with E-state index in [1.54, 1.807) is 12.1 Å². The quantitative estimate of drug-likeness (QED) is 0.693. The number of nitrogens with zero attached hydrogens (tertiary/aromatic N) is 1. The molecule has 13 heavy (non-hydrogen) atoms. The molecule has 0 saturated heterocycles. The smallest absolute Gasteiger partial charge is 0.144 e. The number of likely N-dealkylation sites (N-methyl/N-ethyl adjacent to an activating group) is 1. The number of phenolic OH excluding ortho intramolecular Hbond substituents is 1. The molecule has 1 heterocycles. The first kappa shape index (κ1) is 8.51. The van der Waals surface area contributed by atoms with Crippen LogP contribution >= 0.6 is 11.6 Å². The fourth-order valence-electron chi connectivity index (χ4n) is 1.36. The summed E-state index contributed by atoms with van der Waals surface area (Å²) in [7, 11) is 1.95. The van der Waals surface area contributed by atoms with E-state index in [1.165, 1.54) is 0 Å². The van der Waals surface area contributed by atoms with Crippen molar-refractivity contribution in [3.05, 3.63) is 17.2 Å². The summed E-state index contributed by atoms with van der Waals surface area (Å²) in [6.07, 6.45) is 0. The standard InChI is InChI=1S/C9H10ClNO2/c1-11-2-3-13-9-4-6(10)8(12)5-7(9)11/h4-5,12H,2-3H2,1H3. The van der Waals surface area contributed by atoms with Crippen molar-refractivity contribution in [2.45, 2.75) is 0 Å². The molecule has 0 aromatic heterocycles. The highest BCUT2D eigenvalue weighted by Crippen LogP contribution is 2.38. The minimum Gasteiger partial charge on any atom is -0.506 e. The number of ether oxygens (including phenoxy) is 1. The molecule has 0 radical (unpaired) electrons. The first-order chi connectivity index (χ1) is 6.18. The van der Waals surface area contributed by atoms with Gasteiger partial charge in [-0.2, -0.15) is 0 Å². The lowest BCUT2D eigenvalue weighted by molar-refractivity contribution is 0.310. The normalized spacial score (nSPS) is 15.1. The number of phenols is 1. The third-order valence-corrected chi connectivity index (χ3v) is 2.43. The molecule has 0 amide bonds. The second kappa shape index (κ2) is 3.00. The molecule has 0 atom stereocenters. The molecule has 70 valence electrons. The van der Waals surface area contributed by atoms with Gasteiger partial charge in [-0.1, -0.05) is 11.6 Å². The largest absolute Gasteiger partial charge is 0.506 e. The van der Waals surface area contributed by atoms with E-state index in [4.69, 9.17) is 16.3 Å². The molecule has 0 aliphatic carbocycles. The van der Waals surface area contributed by atoms with Crippen molar-refractivity contribution in [2.75, 3.05) is 25.1 Å². The van der Waals surface area contributed by atoms with Gasteiger partial charge in [-0.15, -0.1) is 0 Å². The van der Waals surface area contributed by atoms with Gasteiger partial charge in [-0.05, 0) is 0 Å². The molecule has 1 aliphatic rings. The van der Waals surface area contributed by atoms with Crippen LogP contribution in [-0.2, 0) is 0 Å². The van der Waals surface area contributed by atoms with Gasteiger partial charge in [0.2, 0.25) is 0 Å². The zero-order chi connectivity index (χ0) is 9.42. The third kappa shape index (κ3) is 1.40.